The van der Waals surface area contributed by atoms with Gasteiger partial charge in [0.25, 0.3) is 0 Å². The number of benzene rings is 1. The van der Waals surface area contributed by atoms with Crippen molar-refractivity contribution >= 4 is 14.0 Å². The molecule has 0 aromatic heterocycles. The second-order valence-electron chi connectivity index (χ2n) is 4.38. The van der Waals surface area contributed by atoms with E-state index in [0.29, 0.717) is 11.0 Å². The minimum Gasteiger partial charge on any atom is 0 e. The molecule has 0 radical (unpaired) electrons. The third-order valence-corrected chi connectivity index (χ3v) is 6.02. The fourth-order valence-electron chi connectivity index (χ4n) is 1.88. The van der Waals surface area contributed by atoms with Gasteiger partial charge >= 0.3 is 56.5 Å². The number of methoxy groups -OCH3 is 1. The van der Waals surface area contributed by atoms with E-state index >= 15 is 0 Å². The average molecular weight is 544 g/mol. The van der Waals surface area contributed by atoms with Gasteiger partial charge in [-0.2, -0.15) is 0 Å². The maximum absolute atomic E-state index is 7.50. The third-order valence-electron chi connectivity index (χ3n) is 2.91. The molecule has 2 rings (SSSR count). The zero-order valence-electron chi connectivity index (χ0n) is 14.4. The van der Waals surface area contributed by atoms with Gasteiger partial charge in [0.15, 0.2) is 0 Å². The summed E-state index contributed by atoms with van der Waals surface area (Å²) in [6, 6.07) is 10.4. The van der Waals surface area contributed by atoms with E-state index in [0.717, 1.165) is 0 Å². The minimum absolute atomic E-state index is 0. The first-order chi connectivity index (χ1) is 12.2. The predicted octanol–water partition coefficient (Wildman–Crippen LogP) is 3.71. The molecule has 26 heavy (non-hydrogen) atoms. The molecule has 136 valence electrons. The summed E-state index contributed by atoms with van der Waals surface area (Å²) in [6.45, 7) is 27.1. The zero-order chi connectivity index (χ0) is 20.9. The molecule has 0 N–H and O–H groups in total. The van der Waals surface area contributed by atoms with Crippen molar-refractivity contribution in [2.24, 2.45) is 0 Å². The second kappa shape index (κ2) is 26.0. The molecule has 1 aliphatic heterocycles. The summed E-state index contributed by atoms with van der Waals surface area (Å²) in [7, 11) is 1.73. The van der Waals surface area contributed by atoms with Crippen molar-refractivity contribution < 1.29 is 49.1 Å². The number of ether oxygens (including phenoxy) is 1. The Morgan fingerprint density at radius 1 is 0.885 bits per heavy atom. The standard InChI is InChI=1S/C13H17OP.5CO.W/c1-13(2)12(14-3)15(13)10-9-11-7-5-4-6-8-11;5*1-2;/h4-10,12H,1-3H3;;;;;;/b10-9+;;;;;;/t12?,15-;;;;;;/m0....../s1. The Kier molecular flexibility index (Phi) is 35.7. The zero-order valence-corrected chi connectivity index (χ0v) is 18.3. The van der Waals surface area contributed by atoms with Crippen LogP contribution in [0.2, 0.25) is 0 Å². The van der Waals surface area contributed by atoms with Crippen LogP contribution in [0.4, 0.5) is 0 Å². The number of hydrogen-bond donors (Lipinski definition) is 0. The van der Waals surface area contributed by atoms with Gasteiger partial charge < -0.3 is 4.74 Å². The van der Waals surface area contributed by atoms with Crippen LogP contribution in [0.25, 0.3) is 6.08 Å². The van der Waals surface area contributed by atoms with E-state index in [4.69, 9.17) is 28.0 Å². The van der Waals surface area contributed by atoms with Crippen molar-refractivity contribution in [3.8, 4) is 0 Å². The first-order valence-electron chi connectivity index (χ1n) is 6.23. The molecule has 1 aliphatic rings. The second-order valence-corrected chi connectivity index (χ2v) is 7.11. The van der Waals surface area contributed by atoms with E-state index in [1.54, 1.807) is 0 Å². The molecule has 0 bridgehead atoms. The van der Waals surface area contributed by atoms with Gasteiger partial charge in [-0.05, 0) is 13.5 Å². The fraction of sp³-hybridized carbons (Fsp3) is 0.278. The monoisotopic (exact) mass is 544 g/mol. The molecular weight excluding hydrogens is 527 g/mol. The van der Waals surface area contributed by atoms with Crippen molar-refractivity contribution in [1.82, 2.24) is 0 Å². The van der Waals surface area contributed by atoms with Gasteiger partial charge in [0, 0.05) is 33.3 Å². The maximum Gasteiger partial charge on any atom is 0 e. The Morgan fingerprint density at radius 2 is 1.27 bits per heavy atom. The van der Waals surface area contributed by atoms with Crippen molar-refractivity contribution in [3.63, 3.8) is 0 Å². The summed E-state index contributed by atoms with van der Waals surface area (Å²) < 4.78 is 43.0. The molecule has 1 aromatic rings. The van der Waals surface area contributed by atoms with Crippen LogP contribution in [0.5, 0.6) is 0 Å². The molecule has 6 nitrogen and oxygen atoms in total. The third kappa shape index (κ3) is 14.0. The van der Waals surface area contributed by atoms with Crippen LogP contribution >= 0.6 is 7.92 Å². The van der Waals surface area contributed by atoms with Gasteiger partial charge in [-0.3, -0.25) is 0 Å². The maximum atomic E-state index is 7.50. The quantitative estimate of drug-likeness (QED) is 0.323. The molecule has 8 heteroatoms. The van der Waals surface area contributed by atoms with Gasteiger partial charge in [-0.1, -0.05) is 56.1 Å². The van der Waals surface area contributed by atoms with Crippen LogP contribution in [0.15, 0.2) is 36.1 Å². The molecule has 2 atom stereocenters. The Hall–Kier alpha value is -1.26. The Morgan fingerprint density at radius 3 is 1.58 bits per heavy atom. The van der Waals surface area contributed by atoms with E-state index in [1.165, 1.54) is 5.56 Å². The summed E-state index contributed by atoms with van der Waals surface area (Å²) in [6.07, 6.45) is 2.21. The molecule has 1 unspecified atom stereocenters. The fourth-order valence-corrected chi connectivity index (χ4v) is 4.24. The first-order valence-corrected chi connectivity index (χ1v) is 7.71. The predicted molar refractivity (Wildman–Crippen MR) is 86.9 cm³/mol. The molecule has 1 heterocycles. The minimum atomic E-state index is -0.0837. The summed E-state index contributed by atoms with van der Waals surface area (Å²) in [5.41, 5.74) is 1.28. The molecular formula is C18H17O6PW. The van der Waals surface area contributed by atoms with E-state index in [2.05, 4.69) is 83.3 Å². The Labute approximate surface area is 170 Å². The van der Waals surface area contributed by atoms with Crippen LogP contribution in [-0.4, -0.2) is 18.1 Å². The summed E-state index contributed by atoms with van der Waals surface area (Å²) in [5, 5.41) is 0.370. The summed E-state index contributed by atoms with van der Waals surface area (Å²) in [4.78, 5) is 0. The van der Waals surface area contributed by atoms with Crippen LogP contribution in [0.1, 0.15) is 19.4 Å². The Balaban J connectivity index is -0.000000116. The smallest absolute Gasteiger partial charge is 0 e. The first kappa shape index (κ1) is 35.8. The van der Waals surface area contributed by atoms with Crippen LogP contribution < -0.4 is 0 Å². The van der Waals surface area contributed by atoms with Gasteiger partial charge in [-0.25, -0.2) is 0 Å². The topological polar surface area (TPSA) is 109 Å². The van der Waals surface area contributed by atoms with Crippen molar-refractivity contribution in [2.45, 2.75) is 24.8 Å². The van der Waals surface area contributed by atoms with E-state index in [9.17, 15) is 0 Å². The summed E-state index contributed by atoms with van der Waals surface area (Å²) in [5.74, 6) is 2.78. The Bertz CT molecular complexity index is 526. The SMILES string of the molecule is COC1[P@](/C=C/c2ccccc2)C1(C)C.[C-]#[O+].[C-]#[O+].[C-]#[O+].[C-]#[O+].[C-]#[O+].[W]. The van der Waals surface area contributed by atoms with E-state index in [1.807, 2.05) is 13.2 Å². The molecule has 0 amide bonds. The van der Waals surface area contributed by atoms with Crippen LogP contribution in [0.3, 0.4) is 0 Å². The van der Waals surface area contributed by atoms with Gasteiger partial charge in [0.05, 0.1) is 5.85 Å². The van der Waals surface area contributed by atoms with Gasteiger partial charge in [0.2, 0.25) is 0 Å². The average Bonchev–Trinajstić information content (AvgIpc) is 3.28. The van der Waals surface area contributed by atoms with E-state index in [-0.39, 0.29) is 29.0 Å². The van der Waals surface area contributed by atoms with Crippen LogP contribution in [0, 0.1) is 33.3 Å². The molecule has 1 fully saturated rings. The van der Waals surface area contributed by atoms with Crippen LogP contribution in [-0.2, 0) is 49.1 Å². The van der Waals surface area contributed by atoms with Crippen molar-refractivity contribution in [3.05, 3.63) is 75.0 Å². The molecule has 1 aromatic carbocycles. The largest absolute Gasteiger partial charge is 0 e. The molecule has 0 spiro atoms. The molecule has 0 aliphatic carbocycles. The number of rotatable bonds is 3. The summed E-state index contributed by atoms with van der Waals surface area (Å²) >= 11 is 0. The number of hydrogen-bond acceptors (Lipinski definition) is 1. The normalized spacial score (nSPS) is 16.7. The molecule has 1 saturated heterocycles. The van der Waals surface area contributed by atoms with Gasteiger partial charge in [-0.15, -0.1) is 0 Å². The van der Waals surface area contributed by atoms with Crippen molar-refractivity contribution in [2.75, 3.05) is 7.11 Å². The molecule has 0 saturated carbocycles. The van der Waals surface area contributed by atoms with Crippen molar-refractivity contribution in [1.29, 1.82) is 0 Å². The van der Waals surface area contributed by atoms with E-state index < -0.39 is 0 Å². The van der Waals surface area contributed by atoms with Gasteiger partial charge in [0.1, 0.15) is 0 Å².